The van der Waals surface area contributed by atoms with Gasteiger partial charge in [-0.3, -0.25) is 0 Å². The van der Waals surface area contributed by atoms with E-state index in [0.29, 0.717) is 12.8 Å². The molecule has 1 saturated carbocycles. The summed E-state index contributed by atoms with van der Waals surface area (Å²) >= 11 is 0. The second kappa shape index (κ2) is 2.96. The molecule has 1 aliphatic carbocycles. The van der Waals surface area contributed by atoms with Crippen molar-refractivity contribution in [2.24, 2.45) is 5.73 Å². The lowest BCUT2D eigenvalue weighted by Crippen LogP contribution is -2.49. The minimum atomic E-state index is -3.03. The Hall–Kier alpha value is -0.160. The molecular weight excluding hydrogens is 181 g/mol. The molecule has 1 rings (SSSR count). The summed E-state index contributed by atoms with van der Waals surface area (Å²) in [7, 11) is -3.03. The Kier molecular flexibility index (Phi) is 2.45. The molecule has 1 fully saturated rings. The summed E-state index contributed by atoms with van der Waals surface area (Å²) in [6.45, 7) is 0. The predicted molar refractivity (Wildman–Crippen MR) is 45.4 cm³/mol. The van der Waals surface area contributed by atoms with Gasteiger partial charge in [-0.25, -0.2) is 12.8 Å². The van der Waals surface area contributed by atoms with Gasteiger partial charge in [0.25, 0.3) is 0 Å². The van der Waals surface area contributed by atoms with E-state index in [4.69, 9.17) is 5.73 Å². The number of hydrogen-bond donors (Lipinski definition) is 1. The topological polar surface area (TPSA) is 60.2 Å². The van der Waals surface area contributed by atoms with E-state index in [0.717, 1.165) is 6.26 Å². The van der Waals surface area contributed by atoms with Crippen molar-refractivity contribution < 1.29 is 12.8 Å². The molecule has 5 heteroatoms. The van der Waals surface area contributed by atoms with Crippen LogP contribution in [0.15, 0.2) is 0 Å². The summed E-state index contributed by atoms with van der Waals surface area (Å²) in [5.41, 5.74) is 4.10. The SMILES string of the molecule is CS(=O)(=O)CCC1(F)CC(N)C1. The molecule has 0 aliphatic heterocycles. The van der Waals surface area contributed by atoms with Crippen molar-refractivity contribution in [2.75, 3.05) is 12.0 Å². The van der Waals surface area contributed by atoms with E-state index in [1.54, 1.807) is 0 Å². The van der Waals surface area contributed by atoms with E-state index in [-0.39, 0.29) is 18.2 Å². The lowest BCUT2D eigenvalue weighted by atomic mass is 9.76. The maximum atomic E-state index is 13.3. The van der Waals surface area contributed by atoms with Crippen LogP contribution in [-0.2, 0) is 9.84 Å². The average Bonchev–Trinajstić information content (AvgIpc) is 1.79. The molecule has 72 valence electrons. The maximum Gasteiger partial charge on any atom is 0.147 e. The first-order valence-electron chi connectivity index (χ1n) is 3.93. The van der Waals surface area contributed by atoms with E-state index in [9.17, 15) is 12.8 Å². The number of sulfone groups is 1. The Labute approximate surface area is 72.1 Å². The van der Waals surface area contributed by atoms with E-state index >= 15 is 0 Å². The molecule has 0 aromatic heterocycles. The van der Waals surface area contributed by atoms with Gasteiger partial charge in [0.05, 0.1) is 5.75 Å². The van der Waals surface area contributed by atoms with Gasteiger partial charge in [-0.1, -0.05) is 0 Å². The molecule has 2 N–H and O–H groups in total. The lowest BCUT2D eigenvalue weighted by molar-refractivity contribution is 0.0409. The molecule has 0 radical (unpaired) electrons. The molecular formula is C7H14FNO2S. The zero-order chi connectivity index (χ0) is 9.41. The first kappa shape index (κ1) is 9.92. The third kappa shape index (κ3) is 2.71. The Morgan fingerprint density at radius 3 is 2.42 bits per heavy atom. The van der Waals surface area contributed by atoms with Gasteiger partial charge in [-0.2, -0.15) is 0 Å². The Bertz CT molecular complexity index is 257. The van der Waals surface area contributed by atoms with E-state index in [1.165, 1.54) is 0 Å². The fourth-order valence-corrected chi connectivity index (χ4v) is 2.19. The highest BCUT2D eigenvalue weighted by Gasteiger charge is 2.42. The number of nitrogens with two attached hydrogens (primary N) is 1. The van der Waals surface area contributed by atoms with Crippen molar-refractivity contribution in [3.63, 3.8) is 0 Å². The van der Waals surface area contributed by atoms with E-state index in [2.05, 4.69) is 0 Å². The monoisotopic (exact) mass is 195 g/mol. The van der Waals surface area contributed by atoms with Crippen molar-refractivity contribution >= 4 is 9.84 Å². The van der Waals surface area contributed by atoms with Crippen LogP contribution in [0.4, 0.5) is 4.39 Å². The van der Waals surface area contributed by atoms with Gasteiger partial charge in [0.1, 0.15) is 15.5 Å². The van der Waals surface area contributed by atoms with Crippen LogP contribution in [0.2, 0.25) is 0 Å². The second-order valence-electron chi connectivity index (χ2n) is 3.70. The van der Waals surface area contributed by atoms with Crippen LogP contribution in [-0.4, -0.2) is 32.1 Å². The number of hydrogen-bond acceptors (Lipinski definition) is 3. The Morgan fingerprint density at radius 1 is 1.58 bits per heavy atom. The quantitative estimate of drug-likeness (QED) is 0.702. The van der Waals surface area contributed by atoms with Gasteiger partial charge < -0.3 is 5.73 Å². The van der Waals surface area contributed by atoms with Crippen LogP contribution < -0.4 is 5.73 Å². The van der Waals surface area contributed by atoms with Crippen molar-refractivity contribution in [1.29, 1.82) is 0 Å². The molecule has 1 aliphatic rings. The molecule has 0 amide bonds. The molecule has 12 heavy (non-hydrogen) atoms. The highest BCUT2D eigenvalue weighted by molar-refractivity contribution is 7.90. The van der Waals surface area contributed by atoms with E-state index in [1.807, 2.05) is 0 Å². The van der Waals surface area contributed by atoms with Crippen LogP contribution in [0.1, 0.15) is 19.3 Å². The largest absolute Gasteiger partial charge is 0.327 e. The molecule has 0 bridgehead atoms. The van der Waals surface area contributed by atoms with Gasteiger partial charge in [0.15, 0.2) is 0 Å². The fourth-order valence-electron chi connectivity index (χ4n) is 1.45. The lowest BCUT2D eigenvalue weighted by Gasteiger charge is -2.39. The van der Waals surface area contributed by atoms with Crippen molar-refractivity contribution in [1.82, 2.24) is 0 Å². The standard InChI is InChI=1S/C7H14FNO2S/c1-12(10,11)3-2-7(8)4-6(9)5-7/h6H,2-5,9H2,1H3. The van der Waals surface area contributed by atoms with Gasteiger partial charge in [0, 0.05) is 12.3 Å². The molecule has 0 heterocycles. The number of alkyl halides is 1. The first-order chi connectivity index (χ1) is 5.31. The third-order valence-corrected chi connectivity index (χ3v) is 3.12. The Morgan fingerprint density at radius 2 is 2.08 bits per heavy atom. The van der Waals surface area contributed by atoms with Gasteiger partial charge >= 0.3 is 0 Å². The molecule has 0 aromatic rings. The summed E-state index contributed by atoms with van der Waals surface area (Å²) in [6.07, 6.45) is 1.83. The Balaban J connectivity index is 2.34. The molecule has 0 atom stereocenters. The molecule has 0 saturated heterocycles. The van der Waals surface area contributed by atoms with Gasteiger partial charge in [-0.05, 0) is 19.3 Å². The summed E-state index contributed by atoms with van der Waals surface area (Å²) in [5.74, 6) is -0.0732. The molecule has 3 nitrogen and oxygen atoms in total. The summed E-state index contributed by atoms with van der Waals surface area (Å²) in [6, 6.07) is -0.0745. The third-order valence-electron chi connectivity index (χ3n) is 2.18. The molecule has 0 spiro atoms. The van der Waals surface area contributed by atoms with Crippen LogP contribution in [0.25, 0.3) is 0 Å². The van der Waals surface area contributed by atoms with Crippen molar-refractivity contribution in [3.8, 4) is 0 Å². The summed E-state index contributed by atoms with van der Waals surface area (Å²) < 4.78 is 34.7. The van der Waals surface area contributed by atoms with Crippen molar-refractivity contribution in [3.05, 3.63) is 0 Å². The summed E-state index contributed by atoms with van der Waals surface area (Å²) in [4.78, 5) is 0. The van der Waals surface area contributed by atoms with Crippen LogP contribution in [0.3, 0.4) is 0 Å². The fraction of sp³-hybridized carbons (Fsp3) is 1.00. The van der Waals surface area contributed by atoms with Crippen LogP contribution >= 0.6 is 0 Å². The molecule has 0 aromatic carbocycles. The average molecular weight is 195 g/mol. The minimum absolute atomic E-state index is 0.0732. The number of rotatable bonds is 3. The maximum absolute atomic E-state index is 13.3. The zero-order valence-corrected chi connectivity index (χ0v) is 7.90. The highest BCUT2D eigenvalue weighted by atomic mass is 32.2. The van der Waals surface area contributed by atoms with Crippen LogP contribution in [0, 0.1) is 0 Å². The van der Waals surface area contributed by atoms with E-state index < -0.39 is 15.5 Å². The van der Waals surface area contributed by atoms with Crippen LogP contribution in [0.5, 0.6) is 0 Å². The minimum Gasteiger partial charge on any atom is -0.327 e. The summed E-state index contributed by atoms with van der Waals surface area (Å²) in [5, 5.41) is 0. The predicted octanol–water partition coefficient (Wildman–Crippen LogP) is 0.251. The smallest absolute Gasteiger partial charge is 0.147 e. The first-order valence-corrected chi connectivity index (χ1v) is 5.99. The highest BCUT2D eigenvalue weighted by Crippen LogP contribution is 2.38. The number of halogens is 1. The van der Waals surface area contributed by atoms with Gasteiger partial charge in [-0.15, -0.1) is 0 Å². The zero-order valence-electron chi connectivity index (χ0n) is 7.09. The normalized spacial score (nSPS) is 36.1. The van der Waals surface area contributed by atoms with Crippen molar-refractivity contribution in [2.45, 2.75) is 31.0 Å². The molecule has 0 unspecified atom stereocenters. The van der Waals surface area contributed by atoms with Gasteiger partial charge in [0.2, 0.25) is 0 Å². The second-order valence-corrected chi connectivity index (χ2v) is 5.96.